The quantitative estimate of drug-likeness (QED) is 0.806. The van der Waals surface area contributed by atoms with Crippen molar-refractivity contribution in [2.75, 3.05) is 13.6 Å². The average Bonchev–Trinajstić information content (AvgIpc) is 2.35. The van der Waals surface area contributed by atoms with E-state index in [1.54, 1.807) is 7.05 Å². The molecule has 0 radical (unpaired) electrons. The summed E-state index contributed by atoms with van der Waals surface area (Å²) in [5.74, 6) is 0.641. The molecule has 1 unspecified atom stereocenters. The number of amides is 1. The number of likely N-dealkylation sites (N-methyl/N-ethyl adjacent to an activating group) is 1. The fraction of sp³-hybridized carbons (Fsp3) is 0.533. The number of hydrogen-bond acceptors (Lipinski definition) is 2. The monoisotopic (exact) mass is 318 g/mol. The second kappa shape index (κ2) is 10.0. The minimum Gasteiger partial charge on any atom is -0.348 e. The smallest absolute Gasteiger partial charge is 0.234 e. The molecule has 0 saturated heterocycles. The Morgan fingerprint density at radius 3 is 2.30 bits per heavy atom. The molecule has 5 heteroatoms. The van der Waals surface area contributed by atoms with E-state index in [0.29, 0.717) is 17.5 Å². The van der Waals surface area contributed by atoms with Gasteiger partial charge in [0.1, 0.15) is 0 Å². The van der Waals surface area contributed by atoms with Crippen LogP contribution in [0.1, 0.15) is 38.3 Å². The molecule has 0 spiro atoms. The van der Waals surface area contributed by atoms with E-state index >= 15 is 0 Å². The molecule has 0 heterocycles. The first-order chi connectivity index (χ1) is 9.02. The molecule has 114 valence electrons. The van der Waals surface area contributed by atoms with Crippen LogP contribution in [-0.4, -0.2) is 19.5 Å². The lowest BCUT2D eigenvalue weighted by Crippen LogP contribution is -2.35. The lowest BCUT2D eigenvalue weighted by molar-refractivity contribution is -0.121. The molecule has 1 aromatic rings. The third kappa shape index (κ3) is 7.13. The van der Waals surface area contributed by atoms with Crippen LogP contribution < -0.4 is 10.6 Å². The molecular weight excluding hydrogens is 295 g/mol. The summed E-state index contributed by atoms with van der Waals surface area (Å²) >= 11 is 5.90. The Kier molecular flexibility index (Phi) is 9.64. The van der Waals surface area contributed by atoms with Gasteiger partial charge in [-0.3, -0.25) is 4.79 Å². The Bertz CT molecular complexity index is 393. The van der Waals surface area contributed by atoms with Gasteiger partial charge in [-0.15, -0.1) is 12.4 Å². The standard InChI is InChI=1S/C15H23ClN2O.ClH/c1-11(2)4-9-14(18-15(19)10-17-3)12-5-7-13(16)8-6-12;/h5-8,11,14,17H,4,9-10H2,1-3H3,(H,18,19);1H. The molecule has 0 aliphatic rings. The molecule has 1 amide bonds. The van der Waals surface area contributed by atoms with Gasteiger partial charge in [-0.2, -0.15) is 0 Å². The molecule has 0 aromatic heterocycles. The zero-order chi connectivity index (χ0) is 14.3. The molecule has 0 saturated carbocycles. The molecule has 1 rings (SSSR count). The van der Waals surface area contributed by atoms with E-state index in [2.05, 4.69) is 24.5 Å². The summed E-state index contributed by atoms with van der Waals surface area (Å²) in [6.45, 7) is 4.72. The molecule has 0 bridgehead atoms. The van der Waals surface area contributed by atoms with Crippen LogP contribution in [0.4, 0.5) is 0 Å². The average molecular weight is 319 g/mol. The second-order valence-electron chi connectivity index (χ2n) is 5.17. The van der Waals surface area contributed by atoms with Crippen molar-refractivity contribution in [3.05, 3.63) is 34.9 Å². The molecular formula is C15H24Cl2N2O. The molecule has 0 aliphatic carbocycles. The van der Waals surface area contributed by atoms with E-state index in [9.17, 15) is 4.79 Å². The normalized spacial score (nSPS) is 11.8. The van der Waals surface area contributed by atoms with Gasteiger partial charge in [-0.05, 0) is 43.5 Å². The van der Waals surface area contributed by atoms with Gasteiger partial charge in [0.2, 0.25) is 5.91 Å². The van der Waals surface area contributed by atoms with E-state index in [4.69, 9.17) is 11.6 Å². The van der Waals surface area contributed by atoms with Gasteiger partial charge in [0.15, 0.2) is 0 Å². The van der Waals surface area contributed by atoms with Crippen molar-refractivity contribution in [1.29, 1.82) is 0 Å². The lowest BCUT2D eigenvalue weighted by atomic mass is 9.97. The molecule has 0 aliphatic heterocycles. The highest BCUT2D eigenvalue weighted by atomic mass is 35.5. The summed E-state index contributed by atoms with van der Waals surface area (Å²) in [6, 6.07) is 7.74. The largest absolute Gasteiger partial charge is 0.348 e. The minimum absolute atomic E-state index is 0. The summed E-state index contributed by atoms with van der Waals surface area (Å²) < 4.78 is 0. The van der Waals surface area contributed by atoms with E-state index in [1.165, 1.54) is 0 Å². The Balaban J connectivity index is 0.00000361. The predicted octanol–water partition coefficient (Wildman–Crippen LogP) is 3.57. The Labute approximate surface area is 132 Å². The number of rotatable bonds is 7. The Morgan fingerprint density at radius 2 is 1.80 bits per heavy atom. The zero-order valence-electron chi connectivity index (χ0n) is 12.3. The van der Waals surface area contributed by atoms with Crippen LogP contribution in [0.15, 0.2) is 24.3 Å². The topological polar surface area (TPSA) is 41.1 Å². The van der Waals surface area contributed by atoms with Crippen molar-refractivity contribution in [1.82, 2.24) is 10.6 Å². The highest BCUT2D eigenvalue weighted by molar-refractivity contribution is 6.30. The number of halogens is 2. The van der Waals surface area contributed by atoms with E-state index in [1.807, 2.05) is 24.3 Å². The van der Waals surface area contributed by atoms with Crippen LogP contribution in [0, 0.1) is 5.92 Å². The molecule has 3 nitrogen and oxygen atoms in total. The summed E-state index contributed by atoms with van der Waals surface area (Å²) in [5.41, 5.74) is 1.11. The van der Waals surface area contributed by atoms with Gasteiger partial charge in [-0.1, -0.05) is 37.6 Å². The summed E-state index contributed by atoms with van der Waals surface area (Å²) in [7, 11) is 1.77. The van der Waals surface area contributed by atoms with Crippen LogP contribution >= 0.6 is 24.0 Å². The first-order valence-corrected chi connectivity index (χ1v) is 7.10. The maximum atomic E-state index is 11.7. The van der Waals surface area contributed by atoms with E-state index in [-0.39, 0.29) is 24.4 Å². The van der Waals surface area contributed by atoms with Crippen molar-refractivity contribution in [2.45, 2.75) is 32.7 Å². The van der Waals surface area contributed by atoms with Crippen molar-refractivity contribution in [3.8, 4) is 0 Å². The fourth-order valence-corrected chi connectivity index (χ4v) is 2.05. The van der Waals surface area contributed by atoms with Crippen LogP contribution in [-0.2, 0) is 4.79 Å². The lowest BCUT2D eigenvalue weighted by Gasteiger charge is -2.20. The first kappa shape index (κ1) is 19.2. The maximum Gasteiger partial charge on any atom is 0.234 e. The fourth-order valence-electron chi connectivity index (χ4n) is 1.92. The van der Waals surface area contributed by atoms with Crippen molar-refractivity contribution >= 4 is 29.9 Å². The Morgan fingerprint density at radius 1 is 1.20 bits per heavy atom. The first-order valence-electron chi connectivity index (χ1n) is 6.72. The third-order valence-corrected chi connectivity index (χ3v) is 3.23. The number of benzene rings is 1. The maximum absolute atomic E-state index is 11.7. The van der Waals surface area contributed by atoms with Crippen LogP contribution in [0.2, 0.25) is 5.02 Å². The molecule has 0 fully saturated rings. The van der Waals surface area contributed by atoms with Crippen LogP contribution in [0.3, 0.4) is 0 Å². The highest BCUT2D eigenvalue weighted by Crippen LogP contribution is 2.22. The van der Waals surface area contributed by atoms with Crippen molar-refractivity contribution < 1.29 is 4.79 Å². The van der Waals surface area contributed by atoms with Crippen LogP contribution in [0.5, 0.6) is 0 Å². The van der Waals surface area contributed by atoms with Gasteiger partial charge in [0.05, 0.1) is 12.6 Å². The van der Waals surface area contributed by atoms with Crippen molar-refractivity contribution in [2.24, 2.45) is 5.92 Å². The number of nitrogens with one attached hydrogen (secondary N) is 2. The minimum atomic E-state index is 0. The van der Waals surface area contributed by atoms with Gasteiger partial charge in [0, 0.05) is 5.02 Å². The zero-order valence-corrected chi connectivity index (χ0v) is 13.9. The third-order valence-electron chi connectivity index (χ3n) is 2.98. The number of carbonyl (C=O) groups is 1. The number of carbonyl (C=O) groups excluding carboxylic acids is 1. The summed E-state index contributed by atoms with van der Waals surface area (Å²) in [5, 5.41) is 6.65. The van der Waals surface area contributed by atoms with Gasteiger partial charge >= 0.3 is 0 Å². The van der Waals surface area contributed by atoms with Gasteiger partial charge < -0.3 is 10.6 Å². The predicted molar refractivity (Wildman–Crippen MR) is 87.6 cm³/mol. The van der Waals surface area contributed by atoms with Gasteiger partial charge in [-0.25, -0.2) is 0 Å². The molecule has 2 N–H and O–H groups in total. The van der Waals surface area contributed by atoms with E-state index < -0.39 is 0 Å². The van der Waals surface area contributed by atoms with Crippen molar-refractivity contribution in [3.63, 3.8) is 0 Å². The molecule has 20 heavy (non-hydrogen) atoms. The summed E-state index contributed by atoms with van der Waals surface area (Å²) in [4.78, 5) is 11.7. The highest BCUT2D eigenvalue weighted by Gasteiger charge is 2.14. The van der Waals surface area contributed by atoms with Gasteiger partial charge in [0.25, 0.3) is 0 Å². The summed E-state index contributed by atoms with van der Waals surface area (Å²) in [6.07, 6.45) is 2.02. The molecule has 1 aromatic carbocycles. The second-order valence-corrected chi connectivity index (χ2v) is 5.61. The molecule has 1 atom stereocenters. The Hall–Kier alpha value is -0.770. The SMILES string of the molecule is CNCC(=O)NC(CCC(C)C)c1ccc(Cl)cc1.Cl. The van der Waals surface area contributed by atoms with E-state index in [0.717, 1.165) is 18.4 Å². The van der Waals surface area contributed by atoms with Crippen LogP contribution in [0.25, 0.3) is 0 Å². The number of hydrogen-bond donors (Lipinski definition) is 2.